The van der Waals surface area contributed by atoms with E-state index in [9.17, 15) is 9.18 Å². The monoisotopic (exact) mass is 240 g/mol. The summed E-state index contributed by atoms with van der Waals surface area (Å²) in [5, 5.41) is -0.0898. The van der Waals surface area contributed by atoms with Gasteiger partial charge >= 0.3 is 0 Å². The zero-order valence-corrected chi connectivity index (χ0v) is 9.76. The fourth-order valence-corrected chi connectivity index (χ4v) is 2.80. The fraction of sp³-hybridized carbons (Fsp3) is 0.364. The maximum atomic E-state index is 13.2. The second-order valence-corrected chi connectivity index (χ2v) is 5.11. The molecule has 3 nitrogen and oxygen atoms in total. The standard InChI is InChI=1S/C11H13FN2OS/c1-14-5-4-10(11(14)15)16-7-2-3-9(13)8(12)6-7/h2-3,6,10H,4-5,13H2,1H3. The molecule has 0 spiro atoms. The van der Waals surface area contributed by atoms with E-state index in [0.717, 1.165) is 17.9 Å². The molecular weight excluding hydrogens is 227 g/mol. The predicted octanol–water partition coefficient (Wildman–Crippen LogP) is 1.73. The van der Waals surface area contributed by atoms with Crippen molar-refractivity contribution in [1.29, 1.82) is 0 Å². The van der Waals surface area contributed by atoms with E-state index in [0.29, 0.717) is 0 Å². The molecule has 0 aromatic heterocycles. The lowest BCUT2D eigenvalue weighted by atomic mass is 10.3. The van der Waals surface area contributed by atoms with Gasteiger partial charge in [-0.2, -0.15) is 0 Å². The van der Waals surface area contributed by atoms with E-state index < -0.39 is 5.82 Å². The van der Waals surface area contributed by atoms with Crippen LogP contribution in [0.3, 0.4) is 0 Å². The summed E-state index contributed by atoms with van der Waals surface area (Å²) >= 11 is 1.40. The molecule has 1 heterocycles. The van der Waals surface area contributed by atoms with Crippen LogP contribution >= 0.6 is 11.8 Å². The SMILES string of the molecule is CN1CCC(Sc2ccc(N)c(F)c2)C1=O. The van der Waals surface area contributed by atoms with E-state index in [1.165, 1.54) is 23.9 Å². The van der Waals surface area contributed by atoms with Gasteiger partial charge in [0.25, 0.3) is 0 Å². The van der Waals surface area contributed by atoms with E-state index in [1.807, 2.05) is 0 Å². The van der Waals surface area contributed by atoms with Crippen molar-refractivity contribution < 1.29 is 9.18 Å². The largest absolute Gasteiger partial charge is 0.396 e. The number of benzene rings is 1. The molecule has 1 saturated heterocycles. The van der Waals surface area contributed by atoms with Crippen molar-refractivity contribution in [2.75, 3.05) is 19.3 Å². The van der Waals surface area contributed by atoms with Gasteiger partial charge in [0, 0.05) is 18.5 Å². The first-order chi connectivity index (χ1) is 7.58. The van der Waals surface area contributed by atoms with Crippen molar-refractivity contribution in [2.45, 2.75) is 16.6 Å². The molecule has 1 aliphatic rings. The molecule has 0 radical (unpaired) electrons. The van der Waals surface area contributed by atoms with Crippen molar-refractivity contribution in [3.63, 3.8) is 0 Å². The Hall–Kier alpha value is -1.23. The van der Waals surface area contributed by atoms with Gasteiger partial charge in [0.15, 0.2) is 0 Å². The molecule has 0 saturated carbocycles. The van der Waals surface area contributed by atoms with Crippen molar-refractivity contribution in [3.8, 4) is 0 Å². The number of hydrogen-bond donors (Lipinski definition) is 1. The summed E-state index contributed by atoms with van der Waals surface area (Å²) in [6.45, 7) is 0.772. The lowest BCUT2D eigenvalue weighted by molar-refractivity contribution is -0.126. The van der Waals surface area contributed by atoms with Gasteiger partial charge in [-0.1, -0.05) is 0 Å². The Morgan fingerprint density at radius 3 is 2.88 bits per heavy atom. The third kappa shape index (κ3) is 2.14. The van der Waals surface area contributed by atoms with E-state index in [4.69, 9.17) is 5.73 Å². The lowest BCUT2D eigenvalue weighted by Gasteiger charge is -2.10. The number of thioether (sulfide) groups is 1. The van der Waals surface area contributed by atoms with Crippen molar-refractivity contribution in [1.82, 2.24) is 4.90 Å². The Morgan fingerprint density at radius 1 is 1.56 bits per heavy atom. The Kier molecular flexibility index (Phi) is 3.05. The number of halogens is 1. The highest BCUT2D eigenvalue weighted by Crippen LogP contribution is 2.31. The Morgan fingerprint density at radius 2 is 2.31 bits per heavy atom. The van der Waals surface area contributed by atoms with E-state index in [1.54, 1.807) is 18.0 Å². The number of hydrogen-bond acceptors (Lipinski definition) is 3. The summed E-state index contributed by atoms with van der Waals surface area (Å²) in [5.41, 5.74) is 5.52. The molecule has 1 aromatic rings. The van der Waals surface area contributed by atoms with Crippen LogP contribution < -0.4 is 5.73 Å². The zero-order valence-electron chi connectivity index (χ0n) is 8.94. The van der Waals surface area contributed by atoms with Crippen LogP contribution in [0.2, 0.25) is 0 Å². The predicted molar refractivity (Wildman–Crippen MR) is 62.7 cm³/mol. The maximum Gasteiger partial charge on any atom is 0.235 e. The summed E-state index contributed by atoms with van der Waals surface area (Å²) in [6, 6.07) is 4.65. The minimum absolute atomic E-state index is 0.0898. The summed E-state index contributed by atoms with van der Waals surface area (Å²) < 4.78 is 13.2. The van der Waals surface area contributed by atoms with Crippen LogP contribution in [0.15, 0.2) is 23.1 Å². The third-order valence-electron chi connectivity index (χ3n) is 2.63. The number of nitrogens with zero attached hydrogens (tertiary/aromatic N) is 1. The molecule has 0 aliphatic carbocycles. The van der Waals surface area contributed by atoms with E-state index in [2.05, 4.69) is 0 Å². The normalized spacial score (nSPS) is 20.5. The third-order valence-corrected chi connectivity index (χ3v) is 3.88. The quantitative estimate of drug-likeness (QED) is 0.801. The summed E-state index contributed by atoms with van der Waals surface area (Å²) in [6.07, 6.45) is 0.812. The molecule has 0 bridgehead atoms. The molecule has 1 unspecified atom stereocenters. The van der Waals surface area contributed by atoms with E-state index >= 15 is 0 Å². The number of rotatable bonds is 2. The first-order valence-electron chi connectivity index (χ1n) is 5.04. The van der Waals surface area contributed by atoms with Crippen LogP contribution in [-0.2, 0) is 4.79 Å². The van der Waals surface area contributed by atoms with Crippen LogP contribution in [0.5, 0.6) is 0 Å². The van der Waals surface area contributed by atoms with Crippen LogP contribution in [0.4, 0.5) is 10.1 Å². The number of nitrogens with two attached hydrogens (primary N) is 1. The summed E-state index contributed by atoms with van der Waals surface area (Å²) in [7, 11) is 1.78. The van der Waals surface area contributed by atoms with Gasteiger partial charge in [-0.3, -0.25) is 4.79 Å². The average molecular weight is 240 g/mol. The molecule has 1 fully saturated rings. The highest BCUT2D eigenvalue weighted by Gasteiger charge is 2.29. The van der Waals surface area contributed by atoms with Gasteiger partial charge in [-0.15, -0.1) is 11.8 Å². The Bertz CT molecular complexity index is 424. The highest BCUT2D eigenvalue weighted by molar-refractivity contribution is 8.00. The highest BCUT2D eigenvalue weighted by atomic mass is 32.2. The fourth-order valence-electron chi connectivity index (χ4n) is 1.65. The first kappa shape index (κ1) is 11.3. The molecule has 2 rings (SSSR count). The van der Waals surface area contributed by atoms with Crippen LogP contribution in [-0.4, -0.2) is 29.6 Å². The number of likely N-dealkylation sites (tertiary alicyclic amines) is 1. The van der Waals surface area contributed by atoms with E-state index in [-0.39, 0.29) is 16.8 Å². The van der Waals surface area contributed by atoms with Gasteiger partial charge in [0.2, 0.25) is 5.91 Å². The summed E-state index contributed by atoms with van der Waals surface area (Å²) in [5.74, 6) is -0.314. The molecule has 16 heavy (non-hydrogen) atoms. The smallest absolute Gasteiger partial charge is 0.235 e. The molecule has 86 valence electrons. The van der Waals surface area contributed by atoms with Gasteiger partial charge in [0.1, 0.15) is 5.82 Å². The van der Waals surface area contributed by atoms with Crippen LogP contribution in [0.1, 0.15) is 6.42 Å². The zero-order chi connectivity index (χ0) is 11.7. The number of carbonyl (C=O) groups is 1. The van der Waals surface area contributed by atoms with Crippen molar-refractivity contribution >= 4 is 23.4 Å². The number of amides is 1. The van der Waals surface area contributed by atoms with Gasteiger partial charge in [-0.05, 0) is 24.6 Å². The maximum absolute atomic E-state index is 13.2. The Balaban J connectivity index is 2.10. The molecule has 1 aliphatic heterocycles. The van der Waals surface area contributed by atoms with Gasteiger partial charge in [-0.25, -0.2) is 4.39 Å². The second-order valence-electron chi connectivity index (χ2n) is 3.84. The molecule has 1 atom stereocenters. The first-order valence-corrected chi connectivity index (χ1v) is 5.92. The number of nitrogen functional groups attached to an aromatic ring is 1. The minimum atomic E-state index is -0.427. The van der Waals surface area contributed by atoms with Crippen molar-refractivity contribution in [3.05, 3.63) is 24.0 Å². The minimum Gasteiger partial charge on any atom is -0.396 e. The van der Waals surface area contributed by atoms with Crippen LogP contribution in [0.25, 0.3) is 0 Å². The van der Waals surface area contributed by atoms with Crippen LogP contribution in [0, 0.1) is 5.82 Å². The van der Waals surface area contributed by atoms with Gasteiger partial charge in [0.05, 0.1) is 10.9 Å². The Labute approximate surface area is 97.8 Å². The number of carbonyl (C=O) groups excluding carboxylic acids is 1. The van der Waals surface area contributed by atoms with Crippen molar-refractivity contribution in [2.24, 2.45) is 0 Å². The summed E-state index contributed by atoms with van der Waals surface area (Å²) in [4.78, 5) is 14.1. The second kappa shape index (κ2) is 4.33. The number of anilines is 1. The van der Waals surface area contributed by atoms with Gasteiger partial charge < -0.3 is 10.6 Å². The topological polar surface area (TPSA) is 46.3 Å². The molecule has 2 N–H and O–H groups in total. The average Bonchev–Trinajstić information content (AvgIpc) is 2.55. The molecular formula is C11H13FN2OS. The molecule has 1 aromatic carbocycles. The molecule has 1 amide bonds. The lowest BCUT2D eigenvalue weighted by Crippen LogP contribution is -2.23. The molecule has 5 heteroatoms.